The maximum atomic E-state index is 15.2. The van der Waals surface area contributed by atoms with Gasteiger partial charge in [-0.05, 0) is 92.6 Å². The minimum atomic E-state index is -1.31. The van der Waals surface area contributed by atoms with Crippen LogP contribution in [0.4, 0.5) is 20.2 Å². The first-order chi connectivity index (χ1) is 19.1. The molecule has 1 aliphatic carbocycles. The van der Waals surface area contributed by atoms with Gasteiger partial charge in [-0.3, -0.25) is 14.6 Å². The number of nitrogens with zero attached hydrogens (tertiary/aromatic N) is 5. The molecule has 8 heteroatoms. The zero-order chi connectivity index (χ0) is 27.8. The normalized spacial score (nSPS) is 26.5. The molecule has 1 amide bonds. The van der Waals surface area contributed by atoms with Crippen LogP contribution in [-0.2, 0) is 19.0 Å². The van der Waals surface area contributed by atoms with Gasteiger partial charge in [0.1, 0.15) is 23.6 Å². The highest BCUT2D eigenvalue weighted by Gasteiger charge is 2.57. The number of hydrogen-bond donors (Lipinski definition) is 0. The van der Waals surface area contributed by atoms with Crippen molar-refractivity contribution in [1.29, 1.82) is 0 Å². The topological polar surface area (TPSA) is 54.3 Å². The lowest BCUT2D eigenvalue weighted by Crippen LogP contribution is -2.52. The Morgan fingerprint density at radius 3 is 2.67 bits per heavy atom. The fraction of sp³-hybridized carbons (Fsp3) is 0.406. The Morgan fingerprint density at radius 2 is 1.95 bits per heavy atom. The lowest BCUT2D eigenvalue weighted by molar-refractivity contribution is 0.0138. The summed E-state index contributed by atoms with van der Waals surface area (Å²) in [6.07, 6.45) is 4.58. The Morgan fingerprint density at radius 1 is 1.12 bits per heavy atom. The molecule has 1 aromatic heterocycles. The lowest BCUT2D eigenvalue weighted by Gasteiger charge is -2.49. The molecule has 4 aromatic rings. The van der Waals surface area contributed by atoms with Crippen LogP contribution >= 0.6 is 0 Å². The van der Waals surface area contributed by atoms with Gasteiger partial charge in [0.05, 0.1) is 16.7 Å². The van der Waals surface area contributed by atoms with E-state index >= 15 is 8.78 Å². The van der Waals surface area contributed by atoms with E-state index in [0.29, 0.717) is 46.0 Å². The minimum Gasteiger partial charge on any atom is -0.320 e. The van der Waals surface area contributed by atoms with E-state index in [9.17, 15) is 4.79 Å². The van der Waals surface area contributed by atoms with Crippen LogP contribution in [0.3, 0.4) is 0 Å². The fourth-order valence-electron chi connectivity index (χ4n) is 7.47. The van der Waals surface area contributed by atoms with E-state index in [0.717, 1.165) is 30.6 Å². The van der Waals surface area contributed by atoms with Gasteiger partial charge in [-0.15, -0.1) is 10.2 Å². The summed E-state index contributed by atoms with van der Waals surface area (Å²) < 4.78 is 32.0. The Labute approximate surface area is 232 Å². The smallest absolute Gasteiger partial charge is 0.263 e. The molecule has 1 atom stereocenters. The number of aryl methyl sites for hydroxylation is 1. The van der Waals surface area contributed by atoms with Gasteiger partial charge in [0.15, 0.2) is 0 Å². The van der Waals surface area contributed by atoms with Crippen LogP contribution < -0.4 is 4.90 Å². The summed E-state index contributed by atoms with van der Waals surface area (Å²) >= 11 is 0. The third-order valence-corrected chi connectivity index (χ3v) is 9.06. The van der Waals surface area contributed by atoms with Crippen LogP contribution in [0.25, 0.3) is 10.8 Å². The summed E-state index contributed by atoms with van der Waals surface area (Å²) in [5.74, 6) is 0.841. The molecule has 0 unspecified atom stereocenters. The van der Waals surface area contributed by atoms with E-state index in [-0.39, 0.29) is 24.6 Å². The monoisotopic (exact) mass is 541 g/mol. The highest BCUT2D eigenvalue weighted by Crippen LogP contribution is 2.56. The van der Waals surface area contributed by atoms with Gasteiger partial charge in [0.2, 0.25) is 0 Å². The standard InChI is InChI=1S/C32H33F2N5O/c1-20-6-5-11-38(15-20)16-21-12-24-26(33)9-10-27-28(24)25(13-21)29(40)39(27)23-8-4-7-22(14-23)32(17-31(2,34)18-32)30-36-35-19-37(30)3/h4,7-10,12-14,19-20H,5-6,11,15-18H2,1-3H3/t20-,31?,32?/m0/s1. The van der Waals surface area contributed by atoms with Crippen molar-refractivity contribution in [2.24, 2.45) is 13.0 Å². The van der Waals surface area contributed by atoms with Gasteiger partial charge in [-0.25, -0.2) is 8.78 Å². The molecule has 0 N–H and O–H groups in total. The second kappa shape index (κ2) is 8.93. The maximum Gasteiger partial charge on any atom is 0.263 e. The second-order valence-corrected chi connectivity index (χ2v) is 12.4. The van der Waals surface area contributed by atoms with Crippen molar-refractivity contribution in [2.75, 3.05) is 18.0 Å². The molecule has 40 heavy (non-hydrogen) atoms. The highest BCUT2D eigenvalue weighted by atomic mass is 19.1. The summed E-state index contributed by atoms with van der Waals surface area (Å²) in [5, 5.41) is 9.53. The largest absolute Gasteiger partial charge is 0.320 e. The number of alkyl halides is 1. The summed E-state index contributed by atoms with van der Waals surface area (Å²) in [6.45, 7) is 6.59. The number of piperidine rings is 1. The van der Waals surface area contributed by atoms with Gasteiger partial charge in [-0.1, -0.05) is 19.1 Å². The lowest BCUT2D eigenvalue weighted by atomic mass is 9.57. The second-order valence-electron chi connectivity index (χ2n) is 12.4. The highest BCUT2D eigenvalue weighted by molar-refractivity contribution is 6.28. The van der Waals surface area contributed by atoms with Crippen LogP contribution in [0.1, 0.15) is 66.8 Å². The average Bonchev–Trinajstić information content (AvgIpc) is 3.46. The van der Waals surface area contributed by atoms with Crippen LogP contribution in [0.15, 0.2) is 54.9 Å². The summed E-state index contributed by atoms with van der Waals surface area (Å²) in [6, 6.07) is 14.7. The third kappa shape index (κ3) is 3.87. The number of amides is 1. The fourth-order valence-corrected chi connectivity index (χ4v) is 7.47. The number of rotatable bonds is 5. The van der Waals surface area contributed by atoms with Crippen molar-refractivity contribution in [1.82, 2.24) is 19.7 Å². The number of aromatic nitrogens is 3. The number of halogens is 2. The SMILES string of the molecule is C[C@H]1CCCN(Cc2cc3c4c(ccc(F)c4c2)N(c2cccc(C4(c5nncn5C)CC(C)(F)C4)c2)C3=O)C1. The van der Waals surface area contributed by atoms with Crippen molar-refractivity contribution < 1.29 is 13.6 Å². The average molecular weight is 542 g/mol. The molecule has 206 valence electrons. The molecule has 0 radical (unpaired) electrons. The van der Waals surface area contributed by atoms with Crippen LogP contribution in [0.2, 0.25) is 0 Å². The van der Waals surface area contributed by atoms with E-state index in [1.807, 2.05) is 48.0 Å². The Bertz CT molecular complexity index is 1650. The maximum absolute atomic E-state index is 15.2. The van der Waals surface area contributed by atoms with Gasteiger partial charge in [-0.2, -0.15) is 0 Å². The van der Waals surface area contributed by atoms with Gasteiger partial charge in [0.25, 0.3) is 5.91 Å². The Hall–Kier alpha value is -3.65. The summed E-state index contributed by atoms with van der Waals surface area (Å²) in [5.41, 5.74) is 1.76. The molecule has 1 saturated heterocycles. The van der Waals surface area contributed by atoms with E-state index < -0.39 is 11.1 Å². The summed E-state index contributed by atoms with van der Waals surface area (Å²) in [7, 11) is 1.87. The number of benzene rings is 3. The Kier molecular flexibility index (Phi) is 5.65. The predicted octanol–water partition coefficient (Wildman–Crippen LogP) is 6.44. The number of carbonyl (C=O) groups excluding carboxylic acids is 1. The number of carbonyl (C=O) groups is 1. The van der Waals surface area contributed by atoms with Gasteiger partial charge in [0, 0.05) is 36.6 Å². The molecule has 2 fully saturated rings. The van der Waals surface area contributed by atoms with Crippen molar-refractivity contribution in [3.63, 3.8) is 0 Å². The number of hydrogen-bond acceptors (Lipinski definition) is 4. The Balaban J connectivity index is 1.29. The van der Waals surface area contributed by atoms with Crippen molar-refractivity contribution >= 4 is 28.1 Å². The minimum absolute atomic E-state index is 0.173. The first-order valence-electron chi connectivity index (χ1n) is 14.1. The molecule has 3 heterocycles. The van der Waals surface area contributed by atoms with Gasteiger partial charge >= 0.3 is 0 Å². The zero-order valence-electron chi connectivity index (χ0n) is 23.1. The van der Waals surface area contributed by atoms with E-state index in [4.69, 9.17) is 0 Å². The predicted molar refractivity (Wildman–Crippen MR) is 151 cm³/mol. The van der Waals surface area contributed by atoms with Crippen molar-refractivity contribution in [3.05, 3.63) is 83.2 Å². The molecule has 7 rings (SSSR count). The molecule has 2 aliphatic heterocycles. The third-order valence-electron chi connectivity index (χ3n) is 9.06. The molecule has 3 aliphatic rings. The van der Waals surface area contributed by atoms with Gasteiger partial charge < -0.3 is 4.57 Å². The molecule has 3 aromatic carbocycles. The van der Waals surface area contributed by atoms with E-state index in [1.165, 1.54) is 12.5 Å². The quantitative estimate of drug-likeness (QED) is 0.292. The first kappa shape index (κ1) is 25.3. The van der Waals surface area contributed by atoms with E-state index in [1.54, 1.807) is 24.2 Å². The zero-order valence-corrected chi connectivity index (χ0v) is 23.1. The van der Waals surface area contributed by atoms with Crippen molar-refractivity contribution in [3.8, 4) is 0 Å². The number of anilines is 2. The van der Waals surface area contributed by atoms with Crippen LogP contribution in [-0.4, -0.2) is 44.3 Å². The molecule has 1 saturated carbocycles. The first-order valence-corrected chi connectivity index (χ1v) is 14.1. The number of likely N-dealkylation sites (tertiary alicyclic amines) is 1. The molecule has 0 bridgehead atoms. The molecular formula is C32H33F2N5O. The van der Waals surface area contributed by atoms with Crippen molar-refractivity contribution in [2.45, 2.75) is 57.2 Å². The van der Waals surface area contributed by atoms with Crippen LogP contribution in [0.5, 0.6) is 0 Å². The summed E-state index contributed by atoms with van der Waals surface area (Å²) in [4.78, 5) is 18.1. The molecular weight excluding hydrogens is 508 g/mol. The molecule has 0 spiro atoms. The van der Waals surface area contributed by atoms with Crippen LogP contribution in [0, 0.1) is 11.7 Å². The van der Waals surface area contributed by atoms with E-state index in [2.05, 4.69) is 22.0 Å². The molecule has 6 nitrogen and oxygen atoms in total.